The van der Waals surface area contributed by atoms with Crippen LogP contribution in [0, 0.1) is 0 Å². The summed E-state index contributed by atoms with van der Waals surface area (Å²) in [5.74, 6) is 2.91. The third kappa shape index (κ3) is 2.51. The van der Waals surface area contributed by atoms with E-state index in [1.54, 1.807) is 0 Å². The molecule has 1 aliphatic rings. The zero-order valence-electron chi connectivity index (χ0n) is 11.4. The monoisotopic (exact) mass is 257 g/mol. The number of hydrogen-bond acceptors (Lipinski definition) is 3. The third-order valence-electron chi connectivity index (χ3n) is 3.39. The fourth-order valence-corrected chi connectivity index (χ4v) is 2.45. The Morgan fingerprint density at radius 3 is 3.00 bits per heavy atom. The number of nitrogens with one attached hydrogen (secondary N) is 1. The summed E-state index contributed by atoms with van der Waals surface area (Å²) < 4.78 is 11.6. The van der Waals surface area contributed by atoms with Crippen molar-refractivity contribution in [1.29, 1.82) is 0 Å². The molecule has 0 saturated heterocycles. The van der Waals surface area contributed by atoms with Crippen LogP contribution in [-0.4, -0.2) is 12.6 Å². The lowest BCUT2D eigenvalue weighted by Gasteiger charge is -2.03. The zero-order valence-corrected chi connectivity index (χ0v) is 11.4. The molecule has 0 bridgehead atoms. The van der Waals surface area contributed by atoms with Crippen molar-refractivity contribution >= 4 is 0 Å². The summed E-state index contributed by atoms with van der Waals surface area (Å²) in [6, 6.07) is 10.3. The smallest absolute Gasteiger partial charge is 0.134 e. The quantitative estimate of drug-likeness (QED) is 0.911. The topological polar surface area (TPSA) is 34.4 Å². The van der Waals surface area contributed by atoms with E-state index in [1.165, 1.54) is 5.56 Å². The lowest BCUT2D eigenvalue weighted by molar-refractivity contribution is 0.254. The number of rotatable bonds is 4. The van der Waals surface area contributed by atoms with Crippen molar-refractivity contribution in [2.75, 3.05) is 6.54 Å². The molecule has 1 aromatic heterocycles. The van der Waals surface area contributed by atoms with Crippen LogP contribution in [0.2, 0.25) is 0 Å². The SMILES string of the molecule is CCNCc1ccc(-c2ccc3c(c2)CC(C)O3)o1. The molecule has 2 aromatic rings. The molecule has 0 aliphatic carbocycles. The largest absolute Gasteiger partial charge is 0.490 e. The lowest BCUT2D eigenvalue weighted by Crippen LogP contribution is -2.10. The second kappa shape index (κ2) is 5.10. The van der Waals surface area contributed by atoms with Crippen LogP contribution in [0.3, 0.4) is 0 Å². The van der Waals surface area contributed by atoms with Crippen LogP contribution in [0.4, 0.5) is 0 Å². The minimum Gasteiger partial charge on any atom is -0.490 e. The van der Waals surface area contributed by atoms with Crippen LogP contribution < -0.4 is 10.1 Å². The Bertz CT molecular complexity index is 574. The number of benzene rings is 1. The second-order valence-electron chi connectivity index (χ2n) is 5.00. The minimum absolute atomic E-state index is 0.283. The van der Waals surface area contributed by atoms with E-state index in [4.69, 9.17) is 9.15 Å². The van der Waals surface area contributed by atoms with Gasteiger partial charge in [-0.25, -0.2) is 0 Å². The Kier molecular flexibility index (Phi) is 3.30. The average Bonchev–Trinajstić information content (AvgIpc) is 3.00. The van der Waals surface area contributed by atoms with Gasteiger partial charge in [-0.1, -0.05) is 6.92 Å². The van der Waals surface area contributed by atoms with Gasteiger partial charge in [0, 0.05) is 12.0 Å². The molecule has 0 fully saturated rings. The first-order chi connectivity index (χ1) is 9.26. The number of fused-ring (bicyclic) bond motifs is 1. The van der Waals surface area contributed by atoms with Crippen LogP contribution >= 0.6 is 0 Å². The van der Waals surface area contributed by atoms with E-state index in [-0.39, 0.29) is 6.10 Å². The van der Waals surface area contributed by atoms with Gasteiger partial charge in [-0.2, -0.15) is 0 Å². The van der Waals surface area contributed by atoms with Gasteiger partial charge in [0.1, 0.15) is 23.4 Å². The molecule has 0 spiro atoms. The standard InChI is InChI=1S/C16H19NO2/c1-3-17-10-14-5-7-15(19-14)12-4-6-16-13(9-12)8-11(2)18-16/h4-7,9,11,17H,3,8,10H2,1-2H3. The molecule has 0 radical (unpaired) electrons. The van der Waals surface area contributed by atoms with Crippen LogP contribution in [0.1, 0.15) is 25.2 Å². The van der Waals surface area contributed by atoms with Gasteiger partial charge in [-0.05, 0) is 49.4 Å². The molecule has 1 atom stereocenters. The highest BCUT2D eigenvalue weighted by Crippen LogP contribution is 2.33. The molecule has 1 unspecified atom stereocenters. The summed E-state index contributed by atoms with van der Waals surface area (Å²) in [7, 11) is 0. The molecular formula is C16H19NO2. The first-order valence-electron chi connectivity index (χ1n) is 6.85. The normalized spacial score (nSPS) is 17.3. The van der Waals surface area contributed by atoms with Crippen LogP contribution in [0.25, 0.3) is 11.3 Å². The summed E-state index contributed by atoms with van der Waals surface area (Å²) in [6.07, 6.45) is 1.26. The van der Waals surface area contributed by atoms with Crippen molar-refractivity contribution in [3.8, 4) is 17.1 Å². The van der Waals surface area contributed by atoms with E-state index < -0.39 is 0 Å². The number of furan rings is 1. The Labute approximate surface area is 113 Å². The van der Waals surface area contributed by atoms with Gasteiger partial charge in [0.15, 0.2) is 0 Å². The molecule has 1 aromatic carbocycles. The molecule has 1 N–H and O–H groups in total. The number of hydrogen-bond donors (Lipinski definition) is 1. The van der Waals surface area contributed by atoms with Gasteiger partial charge in [-0.15, -0.1) is 0 Å². The summed E-state index contributed by atoms with van der Waals surface area (Å²) in [5.41, 5.74) is 2.40. The summed E-state index contributed by atoms with van der Waals surface area (Å²) >= 11 is 0. The van der Waals surface area contributed by atoms with E-state index in [1.807, 2.05) is 18.2 Å². The van der Waals surface area contributed by atoms with E-state index >= 15 is 0 Å². The van der Waals surface area contributed by atoms with E-state index in [0.717, 1.165) is 42.3 Å². The Morgan fingerprint density at radius 2 is 2.16 bits per heavy atom. The van der Waals surface area contributed by atoms with Crippen LogP contribution in [-0.2, 0) is 13.0 Å². The molecule has 0 saturated carbocycles. The highest BCUT2D eigenvalue weighted by Gasteiger charge is 2.19. The Balaban J connectivity index is 1.83. The molecular weight excluding hydrogens is 238 g/mol. The van der Waals surface area contributed by atoms with Crippen LogP contribution in [0.5, 0.6) is 5.75 Å². The van der Waals surface area contributed by atoms with Gasteiger partial charge >= 0.3 is 0 Å². The maximum Gasteiger partial charge on any atom is 0.134 e. The number of ether oxygens (including phenoxy) is 1. The summed E-state index contributed by atoms with van der Waals surface area (Å²) in [6.45, 7) is 5.91. The average molecular weight is 257 g/mol. The van der Waals surface area contributed by atoms with Crippen LogP contribution in [0.15, 0.2) is 34.7 Å². The van der Waals surface area contributed by atoms with E-state index in [9.17, 15) is 0 Å². The predicted octanol–water partition coefficient (Wildman–Crippen LogP) is 3.38. The van der Waals surface area contributed by atoms with Gasteiger partial charge in [0.2, 0.25) is 0 Å². The first kappa shape index (κ1) is 12.3. The molecule has 19 heavy (non-hydrogen) atoms. The molecule has 1 aliphatic heterocycles. The molecule has 0 amide bonds. The van der Waals surface area contributed by atoms with Crippen molar-refractivity contribution in [1.82, 2.24) is 5.32 Å². The van der Waals surface area contributed by atoms with Gasteiger partial charge in [-0.3, -0.25) is 0 Å². The van der Waals surface area contributed by atoms with Crippen molar-refractivity contribution < 1.29 is 9.15 Å². The van der Waals surface area contributed by atoms with Crippen molar-refractivity contribution in [3.05, 3.63) is 41.7 Å². The maximum atomic E-state index is 5.86. The molecule has 3 heteroatoms. The molecule has 100 valence electrons. The molecule has 2 heterocycles. The Morgan fingerprint density at radius 1 is 1.26 bits per heavy atom. The fourth-order valence-electron chi connectivity index (χ4n) is 2.45. The van der Waals surface area contributed by atoms with Crippen molar-refractivity contribution in [2.24, 2.45) is 0 Å². The lowest BCUT2D eigenvalue weighted by atomic mass is 10.1. The second-order valence-corrected chi connectivity index (χ2v) is 5.00. The fraction of sp³-hybridized carbons (Fsp3) is 0.375. The molecule has 3 nitrogen and oxygen atoms in total. The minimum atomic E-state index is 0.283. The van der Waals surface area contributed by atoms with Gasteiger partial charge in [0.05, 0.1) is 6.54 Å². The van der Waals surface area contributed by atoms with E-state index in [2.05, 4.69) is 31.3 Å². The van der Waals surface area contributed by atoms with Gasteiger partial charge < -0.3 is 14.5 Å². The predicted molar refractivity (Wildman–Crippen MR) is 75.3 cm³/mol. The van der Waals surface area contributed by atoms with Gasteiger partial charge in [0.25, 0.3) is 0 Å². The van der Waals surface area contributed by atoms with Crippen molar-refractivity contribution in [3.63, 3.8) is 0 Å². The highest BCUT2D eigenvalue weighted by atomic mass is 16.5. The highest BCUT2D eigenvalue weighted by molar-refractivity contribution is 5.61. The van der Waals surface area contributed by atoms with Crippen molar-refractivity contribution in [2.45, 2.75) is 32.9 Å². The zero-order chi connectivity index (χ0) is 13.2. The third-order valence-corrected chi connectivity index (χ3v) is 3.39. The molecule has 3 rings (SSSR count). The first-order valence-corrected chi connectivity index (χ1v) is 6.85. The summed E-state index contributed by atoms with van der Waals surface area (Å²) in [4.78, 5) is 0. The Hall–Kier alpha value is -1.74. The maximum absolute atomic E-state index is 5.86. The van der Waals surface area contributed by atoms with E-state index in [0.29, 0.717) is 0 Å². The summed E-state index contributed by atoms with van der Waals surface area (Å²) in [5, 5.41) is 3.26.